The van der Waals surface area contributed by atoms with E-state index >= 15 is 0 Å². The topological polar surface area (TPSA) is 32.3 Å². The summed E-state index contributed by atoms with van der Waals surface area (Å²) in [7, 11) is 0. The molecule has 0 aliphatic carbocycles. The highest BCUT2D eigenvalue weighted by Crippen LogP contribution is 2.24. The normalized spacial score (nSPS) is 17.2. The molecule has 1 aromatic carbocycles. The lowest BCUT2D eigenvalue weighted by atomic mass is 10.0. The van der Waals surface area contributed by atoms with Crippen molar-refractivity contribution in [3.63, 3.8) is 0 Å². The molecule has 1 heterocycles. The summed E-state index contributed by atoms with van der Waals surface area (Å²) in [4.78, 5) is 14.5. The number of amides is 1. The molecule has 0 aromatic heterocycles. The van der Waals surface area contributed by atoms with Gasteiger partial charge < -0.3 is 5.32 Å². The first-order valence-corrected chi connectivity index (χ1v) is 8.78. The van der Waals surface area contributed by atoms with Crippen molar-refractivity contribution in [3.05, 3.63) is 35.4 Å². The summed E-state index contributed by atoms with van der Waals surface area (Å²) in [5.41, 5.74) is 2.61. The molecule has 122 valence electrons. The van der Waals surface area contributed by atoms with Crippen molar-refractivity contribution >= 4 is 5.91 Å². The van der Waals surface area contributed by atoms with E-state index in [1.54, 1.807) is 0 Å². The quantitative estimate of drug-likeness (QED) is 0.830. The van der Waals surface area contributed by atoms with Crippen molar-refractivity contribution in [2.45, 2.75) is 58.4 Å². The monoisotopic (exact) mass is 302 g/mol. The predicted molar refractivity (Wildman–Crippen MR) is 91.9 cm³/mol. The predicted octanol–water partition coefficient (Wildman–Crippen LogP) is 3.83. The molecule has 0 saturated carbocycles. The van der Waals surface area contributed by atoms with E-state index < -0.39 is 0 Å². The van der Waals surface area contributed by atoms with Crippen molar-refractivity contribution < 1.29 is 4.79 Å². The van der Waals surface area contributed by atoms with Gasteiger partial charge in [-0.3, -0.25) is 9.69 Å². The Kier molecular flexibility index (Phi) is 6.91. The van der Waals surface area contributed by atoms with Crippen LogP contribution >= 0.6 is 0 Å². The number of nitrogens with zero attached hydrogens (tertiary/aromatic N) is 1. The van der Waals surface area contributed by atoms with Crippen molar-refractivity contribution in [3.8, 4) is 0 Å². The second-order valence-corrected chi connectivity index (χ2v) is 6.43. The third-order valence-electron chi connectivity index (χ3n) is 4.54. The number of unbranched alkanes of at least 4 members (excludes halogenated alkanes) is 1. The summed E-state index contributed by atoms with van der Waals surface area (Å²) < 4.78 is 0. The molecule has 1 aliphatic heterocycles. The number of hydrogen-bond acceptors (Lipinski definition) is 2. The fraction of sp³-hybridized carbons (Fsp3) is 0.632. The lowest BCUT2D eigenvalue weighted by Crippen LogP contribution is -2.40. The molecule has 3 heteroatoms. The van der Waals surface area contributed by atoms with Gasteiger partial charge in [-0.05, 0) is 44.8 Å². The van der Waals surface area contributed by atoms with Gasteiger partial charge in [0, 0.05) is 13.0 Å². The van der Waals surface area contributed by atoms with Crippen LogP contribution in [0.1, 0.15) is 62.6 Å². The molecule has 1 atom stereocenters. The Morgan fingerprint density at radius 1 is 1.18 bits per heavy atom. The molecule has 22 heavy (non-hydrogen) atoms. The minimum absolute atomic E-state index is 0.191. The molecule has 0 bridgehead atoms. The third kappa shape index (κ3) is 5.13. The van der Waals surface area contributed by atoms with Gasteiger partial charge in [0.1, 0.15) is 0 Å². The average molecular weight is 302 g/mol. The van der Waals surface area contributed by atoms with Gasteiger partial charge in [-0.25, -0.2) is 0 Å². The van der Waals surface area contributed by atoms with Gasteiger partial charge >= 0.3 is 0 Å². The highest BCUT2D eigenvalue weighted by molar-refractivity contribution is 5.75. The first-order chi connectivity index (χ1) is 10.7. The van der Waals surface area contributed by atoms with Crippen LogP contribution in [0.15, 0.2) is 24.3 Å². The van der Waals surface area contributed by atoms with Crippen molar-refractivity contribution in [1.82, 2.24) is 10.2 Å². The van der Waals surface area contributed by atoms with E-state index in [4.69, 9.17) is 0 Å². The van der Waals surface area contributed by atoms with Crippen molar-refractivity contribution in [2.75, 3.05) is 19.6 Å². The zero-order valence-electron chi connectivity index (χ0n) is 14.1. The maximum Gasteiger partial charge on any atom is 0.220 e. The van der Waals surface area contributed by atoms with Crippen molar-refractivity contribution in [2.24, 2.45) is 0 Å². The van der Waals surface area contributed by atoms with Crippen LogP contribution in [-0.2, 0) is 4.79 Å². The largest absolute Gasteiger partial charge is 0.354 e. The Morgan fingerprint density at radius 3 is 2.50 bits per heavy atom. The molecular formula is C19H30N2O. The summed E-state index contributed by atoms with van der Waals surface area (Å²) in [6, 6.07) is 9.09. The summed E-state index contributed by atoms with van der Waals surface area (Å²) in [6.07, 6.45) is 6.57. The molecule has 1 amide bonds. The van der Waals surface area contributed by atoms with E-state index in [-0.39, 0.29) is 5.91 Å². The van der Waals surface area contributed by atoms with Gasteiger partial charge in [0.15, 0.2) is 0 Å². The van der Waals surface area contributed by atoms with Gasteiger partial charge in [0.2, 0.25) is 5.91 Å². The van der Waals surface area contributed by atoms with E-state index in [1.807, 2.05) is 0 Å². The Labute approximate surface area is 135 Å². The first kappa shape index (κ1) is 17.0. The second kappa shape index (κ2) is 8.94. The number of nitrogens with one attached hydrogen (secondary N) is 1. The minimum atomic E-state index is 0.191. The Balaban J connectivity index is 2.01. The molecular weight excluding hydrogens is 272 g/mol. The summed E-state index contributed by atoms with van der Waals surface area (Å²) in [5.74, 6) is 0.191. The fourth-order valence-electron chi connectivity index (χ4n) is 3.11. The minimum Gasteiger partial charge on any atom is -0.354 e. The third-order valence-corrected chi connectivity index (χ3v) is 4.54. The number of likely N-dealkylation sites (tertiary alicyclic amines) is 1. The standard InChI is InChI=1S/C19H30N2O/c1-3-4-8-19(22)20-15-18(21-13-6-5-7-14-21)17-11-9-16(2)10-12-17/h9-12,18H,3-8,13-15H2,1-2H3,(H,20,22)/t18-/m0/s1. The summed E-state index contributed by atoms with van der Waals surface area (Å²) in [5, 5.41) is 3.15. The molecule has 0 radical (unpaired) electrons. The van der Waals surface area contributed by atoms with Crippen LogP contribution in [-0.4, -0.2) is 30.4 Å². The van der Waals surface area contributed by atoms with E-state index in [9.17, 15) is 4.79 Å². The smallest absolute Gasteiger partial charge is 0.220 e. The molecule has 0 spiro atoms. The van der Waals surface area contributed by atoms with Gasteiger partial charge in [-0.2, -0.15) is 0 Å². The number of hydrogen-bond donors (Lipinski definition) is 1. The first-order valence-electron chi connectivity index (χ1n) is 8.78. The number of piperidine rings is 1. The van der Waals surface area contributed by atoms with Crippen LogP contribution in [0.25, 0.3) is 0 Å². The molecule has 1 fully saturated rings. The van der Waals surface area contributed by atoms with Crippen molar-refractivity contribution in [1.29, 1.82) is 0 Å². The molecule has 3 nitrogen and oxygen atoms in total. The summed E-state index contributed by atoms with van der Waals surface area (Å²) in [6.45, 7) is 7.25. The highest BCUT2D eigenvalue weighted by atomic mass is 16.1. The molecule has 2 rings (SSSR count). The Morgan fingerprint density at radius 2 is 1.86 bits per heavy atom. The Bertz CT molecular complexity index is 449. The number of carbonyl (C=O) groups excluding carboxylic acids is 1. The van der Waals surface area contributed by atoms with Gasteiger partial charge in [0.05, 0.1) is 6.04 Å². The molecule has 1 saturated heterocycles. The lowest BCUT2D eigenvalue weighted by Gasteiger charge is -2.35. The molecule has 1 aliphatic rings. The van der Waals surface area contributed by atoms with E-state index in [0.717, 1.165) is 32.5 Å². The zero-order valence-corrected chi connectivity index (χ0v) is 14.1. The average Bonchev–Trinajstić information content (AvgIpc) is 2.55. The number of benzene rings is 1. The van der Waals surface area contributed by atoms with E-state index in [0.29, 0.717) is 12.5 Å². The molecule has 1 N–H and O–H groups in total. The number of carbonyl (C=O) groups is 1. The van der Waals surface area contributed by atoms with Crippen LogP contribution in [0.3, 0.4) is 0 Å². The van der Waals surface area contributed by atoms with E-state index in [1.165, 1.54) is 30.4 Å². The lowest BCUT2D eigenvalue weighted by molar-refractivity contribution is -0.121. The van der Waals surface area contributed by atoms with Gasteiger partial charge in [-0.15, -0.1) is 0 Å². The second-order valence-electron chi connectivity index (χ2n) is 6.43. The SMILES string of the molecule is CCCCC(=O)NC[C@@H](c1ccc(C)cc1)N1CCCCC1. The van der Waals surface area contributed by atoms with Crippen LogP contribution < -0.4 is 5.32 Å². The van der Waals surface area contributed by atoms with E-state index in [2.05, 4.69) is 48.3 Å². The highest BCUT2D eigenvalue weighted by Gasteiger charge is 2.22. The zero-order chi connectivity index (χ0) is 15.8. The number of rotatable bonds is 7. The van der Waals surface area contributed by atoms with Gasteiger partial charge in [0.25, 0.3) is 0 Å². The molecule has 1 aromatic rings. The number of aryl methyl sites for hydroxylation is 1. The van der Waals surface area contributed by atoms with Crippen LogP contribution in [0.4, 0.5) is 0 Å². The van der Waals surface area contributed by atoms with Gasteiger partial charge in [-0.1, -0.05) is 49.6 Å². The molecule has 0 unspecified atom stereocenters. The fourth-order valence-corrected chi connectivity index (χ4v) is 3.11. The van der Waals surface area contributed by atoms with Crippen LogP contribution in [0.2, 0.25) is 0 Å². The van der Waals surface area contributed by atoms with Crippen LogP contribution in [0.5, 0.6) is 0 Å². The Hall–Kier alpha value is -1.35. The van der Waals surface area contributed by atoms with Crippen LogP contribution in [0, 0.1) is 6.92 Å². The maximum atomic E-state index is 11.9. The maximum absolute atomic E-state index is 11.9. The summed E-state index contributed by atoms with van der Waals surface area (Å²) >= 11 is 0.